The summed E-state index contributed by atoms with van der Waals surface area (Å²) in [7, 11) is 0. The number of carbonyl (C=O) groups excluding carboxylic acids is 4. The highest BCUT2D eigenvalue weighted by atomic mass is 32.1. The van der Waals surface area contributed by atoms with Gasteiger partial charge in [-0.3, -0.25) is 14.4 Å². The molecule has 0 unspecified atom stereocenters. The summed E-state index contributed by atoms with van der Waals surface area (Å²) in [5.41, 5.74) is 1.59. The Labute approximate surface area is 212 Å². The highest BCUT2D eigenvalue weighted by Crippen LogP contribution is 2.32. The van der Waals surface area contributed by atoms with Gasteiger partial charge in [0, 0.05) is 18.2 Å². The van der Waals surface area contributed by atoms with Crippen molar-refractivity contribution in [1.82, 2.24) is 15.2 Å². The normalized spacial score (nSPS) is 16.9. The van der Waals surface area contributed by atoms with Gasteiger partial charge in [0.2, 0.25) is 5.91 Å². The number of thiazole rings is 1. The minimum atomic E-state index is -1.16. The molecule has 0 radical (unpaired) electrons. The Hall–Kier alpha value is -4.05. The van der Waals surface area contributed by atoms with Crippen molar-refractivity contribution in [2.45, 2.75) is 38.8 Å². The van der Waals surface area contributed by atoms with Crippen LogP contribution in [-0.2, 0) is 9.59 Å². The second kappa shape index (κ2) is 10.7. The maximum absolute atomic E-state index is 13.5. The molecule has 2 N–H and O–H groups in total. The molecule has 3 atom stereocenters. The lowest BCUT2D eigenvalue weighted by Gasteiger charge is -2.29. The summed E-state index contributed by atoms with van der Waals surface area (Å²) in [5.74, 6) is -1.21. The third-order valence-electron chi connectivity index (χ3n) is 5.94. The summed E-state index contributed by atoms with van der Waals surface area (Å²) in [4.78, 5) is 56.9. The van der Waals surface area contributed by atoms with Crippen molar-refractivity contribution >= 4 is 40.1 Å². The maximum Gasteiger partial charge on any atom is 0.325 e. The first kappa shape index (κ1) is 25.1. The molecule has 1 saturated heterocycles. The van der Waals surface area contributed by atoms with Gasteiger partial charge >= 0.3 is 6.03 Å². The molecule has 2 heterocycles. The van der Waals surface area contributed by atoms with Crippen molar-refractivity contribution in [2.75, 3.05) is 11.9 Å². The number of amides is 4. The third kappa shape index (κ3) is 5.13. The number of ketones is 1. The van der Waals surface area contributed by atoms with E-state index in [0.717, 1.165) is 21.8 Å². The van der Waals surface area contributed by atoms with E-state index in [-0.39, 0.29) is 16.6 Å². The van der Waals surface area contributed by atoms with Gasteiger partial charge in [-0.15, -0.1) is 11.3 Å². The van der Waals surface area contributed by atoms with E-state index in [2.05, 4.69) is 15.6 Å². The summed E-state index contributed by atoms with van der Waals surface area (Å²) in [6.45, 7) is 5.55. The van der Waals surface area contributed by atoms with Crippen LogP contribution in [0.5, 0.6) is 5.75 Å². The minimum Gasteiger partial charge on any atom is -0.494 e. The SMILES string of the molecule is CCOc1ccc([C@H]2NC(=O)N([C@H](C(=O)Nc3nc(C(C)=O)cs3)[C@@H](C)c3ccccc3)C2=O)cc1. The van der Waals surface area contributed by atoms with E-state index in [1.807, 2.05) is 37.3 Å². The lowest BCUT2D eigenvalue weighted by molar-refractivity contribution is -0.134. The molecular weight excluding hydrogens is 480 g/mol. The molecule has 10 heteroatoms. The summed E-state index contributed by atoms with van der Waals surface area (Å²) in [6.07, 6.45) is 0. The fourth-order valence-corrected chi connectivity index (χ4v) is 4.84. The number of rotatable bonds is 9. The van der Waals surface area contributed by atoms with Gasteiger partial charge in [0.15, 0.2) is 10.9 Å². The van der Waals surface area contributed by atoms with Gasteiger partial charge in [-0.05, 0) is 30.2 Å². The average Bonchev–Trinajstić information content (AvgIpc) is 3.45. The molecule has 1 aromatic heterocycles. The Kier molecular flexibility index (Phi) is 7.44. The zero-order chi connectivity index (χ0) is 25.8. The first-order chi connectivity index (χ1) is 17.3. The zero-order valence-corrected chi connectivity index (χ0v) is 20.9. The molecular formula is C26H26N4O5S. The van der Waals surface area contributed by atoms with Crippen LogP contribution in [0, 0.1) is 0 Å². The molecule has 4 rings (SSSR count). The molecule has 2 aromatic carbocycles. The van der Waals surface area contributed by atoms with Crippen LogP contribution in [0.1, 0.15) is 54.3 Å². The highest BCUT2D eigenvalue weighted by Gasteiger charge is 2.47. The monoisotopic (exact) mass is 506 g/mol. The molecule has 0 aliphatic carbocycles. The quantitative estimate of drug-likeness (QED) is 0.333. The fraction of sp³-hybridized carbons (Fsp3) is 0.269. The van der Waals surface area contributed by atoms with Crippen molar-refractivity contribution in [3.8, 4) is 5.75 Å². The van der Waals surface area contributed by atoms with Gasteiger partial charge in [0.25, 0.3) is 5.91 Å². The van der Waals surface area contributed by atoms with Crippen LogP contribution < -0.4 is 15.4 Å². The summed E-state index contributed by atoms with van der Waals surface area (Å²) in [6, 6.07) is 13.3. The van der Waals surface area contributed by atoms with Crippen LogP contribution in [0.25, 0.3) is 0 Å². The lowest BCUT2D eigenvalue weighted by Crippen LogP contribution is -2.50. The molecule has 186 valence electrons. The molecule has 1 aliphatic heterocycles. The molecule has 1 aliphatic rings. The Bertz CT molecular complexity index is 1280. The number of imide groups is 1. The number of benzene rings is 2. The van der Waals surface area contributed by atoms with Gasteiger partial charge in [-0.1, -0.05) is 49.4 Å². The topological polar surface area (TPSA) is 118 Å². The van der Waals surface area contributed by atoms with Crippen molar-refractivity contribution in [3.05, 3.63) is 76.8 Å². The van der Waals surface area contributed by atoms with E-state index in [0.29, 0.717) is 17.9 Å². The molecule has 36 heavy (non-hydrogen) atoms. The van der Waals surface area contributed by atoms with Crippen LogP contribution in [0.3, 0.4) is 0 Å². The molecule has 9 nitrogen and oxygen atoms in total. The Morgan fingerprint density at radius 2 is 1.83 bits per heavy atom. The first-order valence-electron chi connectivity index (χ1n) is 11.5. The van der Waals surface area contributed by atoms with E-state index >= 15 is 0 Å². The van der Waals surface area contributed by atoms with Gasteiger partial charge in [0.05, 0.1) is 6.61 Å². The van der Waals surface area contributed by atoms with Gasteiger partial charge in [-0.2, -0.15) is 0 Å². The Morgan fingerprint density at radius 1 is 1.14 bits per heavy atom. The third-order valence-corrected chi connectivity index (χ3v) is 6.69. The first-order valence-corrected chi connectivity index (χ1v) is 12.4. The van der Waals surface area contributed by atoms with Crippen LogP contribution in [0.4, 0.5) is 9.93 Å². The molecule has 0 bridgehead atoms. The van der Waals surface area contributed by atoms with E-state index in [1.54, 1.807) is 36.6 Å². The van der Waals surface area contributed by atoms with Crippen molar-refractivity contribution in [2.24, 2.45) is 0 Å². The molecule has 1 fully saturated rings. The molecule has 0 spiro atoms. The Balaban J connectivity index is 1.64. The minimum absolute atomic E-state index is 0.213. The smallest absolute Gasteiger partial charge is 0.325 e. The van der Waals surface area contributed by atoms with Crippen LogP contribution in [0.2, 0.25) is 0 Å². The number of anilines is 1. The fourth-order valence-electron chi connectivity index (χ4n) is 4.09. The summed E-state index contributed by atoms with van der Waals surface area (Å²) < 4.78 is 5.45. The highest BCUT2D eigenvalue weighted by molar-refractivity contribution is 7.14. The molecule has 0 saturated carbocycles. The number of Topliss-reactive ketones (excluding diaryl/α,β-unsaturated/α-hetero) is 1. The number of nitrogens with zero attached hydrogens (tertiary/aromatic N) is 2. The zero-order valence-electron chi connectivity index (χ0n) is 20.1. The van der Waals surface area contributed by atoms with E-state index in [1.165, 1.54) is 6.92 Å². The van der Waals surface area contributed by atoms with E-state index in [9.17, 15) is 19.2 Å². The number of hydrogen-bond donors (Lipinski definition) is 2. The van der Waals surface area contributed by atoms with Crippen LogP contribution in [-0.4, -0.2) is 46.2 Å². The number of hydrogen-bond acceptors (Lipinski definition) is 7. The number of aromatic nitrogens is 1. The van der Waals surface area contributed by atoms with E-state index < -0.39 is 35.8 Å². The Morgan fingerprint density at radius 3 is 2.44 bits per heavy atom. The number of nitrogens with one attached hydrogen (secondary N) is 2. The molecule has 3 aromatic rings. The maximum atomic E-state index is 13.5. The largest absolute Gasteiger partial charge is 0.494 e. The van der Waals surface area contributed by atoms with Crippen molar-refractivity contribution in [1.29, 1.82) is 0 Å². The average molecular weight is 507 g/mol. The number of ether oxygens (including phenoxy) is 1. The van der Waals surface area contributed by atoms with Crippen molar-refractivity contribution in [3.63, 3.8) is 0 Å². The predicted molar refractivity (Wildman–Crippen MR) is 135 cm³/mol. The summed E-state index contributed by atoms with van der Waals surface area (Å²) in [5, 5.41) is 7.15. The van der Waals surface area contributed by atoms with Gasteiger partial charge in [-0.25, -0.2) is 14.7 Å². The number of urea groups is 1. The summed E-state index contributed by atoms with van der Waals surface area (Å²) >= 11 is 1.10. The van der Waals surface area contributed by atoms with Gasteiger partial charge in [0.1, 0.15) is 23.5 Å². The van der Waals surface area contributed by atoms with Gasteiger partial charge < -0.3 is 15.4 Å². The number of carbonyl (C=O) groups is 4. The van der Waals surface area contributed by atoms with E-state index in [4.69, 9.17) is 4.74 Å². The second-order valence-corrected chi connectivity index (χ2v) is 9.18. The lowest BCUT2D eigenvalue weighted by atomic mass is 9.91. The standard InChI is InChI=1S/C26H26N4O5S/c1-4-35-19-12-10-18(11-13-19)21-24(33)30(26(34)28-21)22(15(2)17-8-6-5-7-9-17)23(32)29-25-27-20(14-36-25)16(3)31/h5-15,21-22H,4H2,1-3H3,(H,28,34)(H,27,29,32)/t15-,21+,22-/m0/s1. The molecule has 4 amide bonds. The van der Waals surface area contributed by atoms with Crippen LogP contribution >= 0.6 is 11.3 Å². The second-order valence-electron chi connectivity index (χ2n) is 8.32. The van der Waals surface area contributed by atoms with Crippen LogP contribution in [0.15, 0.2) is 60.0 Å². The predicted octanol–water partition coefficient (Wildman–Crippen LogP) is 4.15. The van der Waals surface area contributed by atoms with Crippen molar-refractivity contribution < 1.29 is 23.9 Å².